The van der Waals surface area contributed by atoms with Crippen molar-refractivity contribution in [2.75, 3.05) is 7.11 Å². The second kappa shape index (κ2) is 4.95. The van der Waals surface area contributed by atoms with Gasteiger partial charge in [0.15, 0.2) is 0 Å². The largest absolute Gasteiger partial charge is 0.481 e. The van der Waals surface area contributed by atoms with Crippen molar-refractivity contribution in [3.05, 3.63) is 51.6 Å². The number of halogens is 1. The summed E-state index contributed by atoms with van der Waals surface area (Å²) in [7, 11) is 1.53. The van der Waals surface area contributed by atoms with Crippen LogP contribution in [0.3, 0.4) is 0 Å². The summed E-state index contributed by atoms with van der Waals surface area (Å²) in [6.45, 7) is 1.46. The summed E-state index contributed by atoms with van der Waals surface area (Å²) >= 11 is 0. The van der Waals surface area contributed by atoms with Gasteiger partial charge in [-0.1, -0.05) is 6.07 Å². The van der Waals surface area contributed by atoms with Gasteiger partial charge in [-0.3, -0.25) is 4.79 Å². The molecule has 0 atom stereocenters. The molecule has 0 unspecified atom stereocenters. The van der Waals surface area contributed by atoms with E-state index in [1.165, 1.54) is 14.0 Å². The molecular formula is C12H12FN3O2. The Bertz CT molecular complexity index is 608. The van der Waals surface area contributed by atoms with E-state index >= 15 is 0 Å². The molecule has 2 rings (SSSR count). The molecule has 5 nitrogen and oxygen atoms in total. The van der Waals surface area contributed by atoms with Gasteiger partial charge in [0.05, 0.1) is 12.8 Å². The molecule has 0 aromatic carbocycles. The number of hydrogen-bond acceptors (Lipinski definition) is 4. The Balaban J connectivity index is 2.25. The highest BCUT2D eigenvalue weighted by Gasteiger charge is 2.07. The summed E-state index contributed by atoms with van der Waals surface area (Å²) in [5.74, 6) is 0.0768. The average molecular weight is 249 g/mol. The SMILES string of the molecule is COc1ccc(Cc2nc(C)c(F)c(=O)[nH]2)cn1. The van der Waals surface area contributed by atoms with Crippen LogP contribution in [0, 0.1) is 12.7 Å². The Kier molecular flexibility index (Phi) is 3.36. The van der Waals surface area contributed by atoms with Crippen LogP contribution in [0.15, 0.2) is 23.1 Å². The lowest BCUT2D eigenvalue weighted by molar-refractivity contribution is 0.397. The van der Waals surface area contributed by atoms with E-state index in [0.29, 0.717) is 18.1 Å². The van der Waals surface area contributed by atoms with Gasteiger partial charge in [-0.2, -0.15) is 4.39 Å². The second-order valence-corrected chi connectivity index (χ2v) is 3.80. The minimum absolute atomic E-state index is 0.0928. The van der Waals surface area contributed by atoms with Crippen molar-refractivity contribution >= 4 is 0 Å². The van der Waals surface area contributed by atoms with Crippen molar-refractivity contribution in [2.45, 2.75) is 13.3 Å². The smallest absolute Gasteiger partial charge is 0.287 e. The molecule has 0 aliphatic heterocycles. The van der Waals surface area contributed by atoms with Crippen LogP contribution in [-0.4, -0.2) is 22.1 Å². The lowest BCUT2D eigenvalue weighted by Gasteiger charge is -2.03. The Morgan fingerprint density at radius 2 is 2.22 bits per heavy atom. The third-order valence-electron chi connectivity index (χ3n) is 2.46. The zero-order valence-electron chi connectivity index (χ0n) is 10.0. The molecule has 2 aromatic heterocycles. The van der Waals surface area contributed by atoms with Crippen molar-refractivity contribution in [3.8, 4) is 5.88 Å². The van der Waals surface area contributed by atoms with Crippen LogP contribution < -0.4 is 10.3 Å². The maximum atomic E-state index is 13.1. The number of ether oxygens (including phenoxy) is 1. The number of hydrogen-bond donors (Lipinski definition) is 1. The molecule has 6 heteroatoms. The summed E-state index contributed by atoms with van der Waals surface area (Å²) in [6.07, 6.45) is 2.00. The van der Waals surface area contributed by atoms with Crippen molar-refractivity contribution in [2.24, 2.45) is 0 Å². The maximum absolute atomic E-state index is 13.1. The highest BCUT2D eigenvalue weighted by molar-refractivity contribution is 5.21. The van der Waals surface area contributed by atoms with E-state index in [1.54, 1.807) is 12.3 Å². The first-order chi connectivity index (χ1) is 8.60. The highest BCUT2D eigenvalue weighted by Crippen LogP contribution is 2.09. The van der Waals surface area contributed by atoms with Gasteiger partial charge in [-0.15, -0.1) is 0 Å². The molecule has 0 saturated heterocycles. The van der Waals surface area contributed by atoms with Crippen LogP contribution in [0.4, 0.5) is 4.39 Å². The Morgan fingerprint density at radius 1 is 1.44 bits per heavy atom. The number of H-pyrrole nitrogens is 1. The van der Waals surface area contributed by atoms with Crippen molar-refractivity contribution < 1.29 is 9.13 Å². The number of aryl methyl sites for hydroxylation is 1. The van der Waals surface area contributed by atoms with Gasteiger partial charge in [0.1, 0.15) is 5.82 Å². The molecule has 2 aromatic rings. The number of nitrogens with zero attached hydrogens (tertiary/aromatic N) is 2. The average Bonchev–Trinajstić information content (AvgIpc) is 2.37. The number of rotatable bonds is 3. The summed E-state index contributed by atoms with van der Waals surface area (Å²) in [6, 6.07) is 3.52. The van der Waals surface area contributed by atoms with Crippen LogP contribution in [0.25, 0.3) is 0 Å². The van der Waals surface area contributed by atoms with Gasteiger partial charge < -0.3 is 9.72 Å². The van der Waals surface area contributed by atoms with Crippen LogP contribution in [0.2, 0.25) is 0 Å². The molecule has 2 heterocycles. The standard InChI is InChI=1S/C12H12FN3O2/c1-7-11(13)12(17)16-9(15-7)5-8-3-4-10(18-2)14-6-8/h3-4,6H,5H2,1-2H3,(H,15,16,17). The van der Waals surface area contributed by atoms with Gasteiger partial charge in [-0.05, 0) is 12.5 Å². The van der Waals surface area contributed by atoms with Crippen LogP contribution in [0.5, 0.6) is 5.88 Å². The third kappa shape index (κ3) is 2.53. The Labute approximate surface area is 103 Å². The fourth-order valence-corrected chi connectivity index (χ4v) is 1.54. The fraction of sp³-hybridized carbons (Fsp3) is 0.250. The molecular weight excluding hydrogens is 237 g/mol. The molecule has 0 aliphatic rings. The number of pyridine rings is 1. The second-order valence-electron chi connectivity index (χ2n) is 3.80. The molecule has 18 heavy (non-hydrogen) atoms. The molecule has 0 radical (unpaired) electrons. The zero-order valence-corrected chi connectivity index (χ0v) is 10.0. The van der Waals surface area contributed by atoms with Gasteiger partial charge in [0.25, 0.3) is 5.56 Å². The zero-order chi connectivity index (χ0) is 13.1. The van der Waals surface area contributed by atoms with E-state index in [4.69, 9.17) is 4.74 Å². The predicted octanol–water partition coefficient (Wildman–Crippen LogP) is 1.21. The highest BCUT2D eigenvalue weighted by atomic mass is 19.1. The normalized spacial score (nSPS) is 10.4. The molecule has 0 fully saturated rings. The number of aromatic nitrogens is 3. The minimum atomic E-state index is -0.841. The van der Waals surface area contributed by atoms with E-state index in [2.05, 4.69) is 15.0 Å². The summed E-state index contributed by atoms with van der Waals surface area (Å²) < 4.78 is 18.1. The lowest BCUT2D eigenvalue weighted by atomic mass is 10.2. The monoisotopic (exact) mass is 249 g/mol. The molecule has 0 aliphatic carbocycles. The fourth-order valence-electron chi connectivity index (χ4n) is 1.54. The Morgan fingerprint density at radius 3 is 2.78 bits per heavy atom. The van der Waals surface area contributed by atoms with Crippen LogP contribution >= 0.6 is 0 Å². The van der Waals surface area contributed by atoms with E-state index in [-0.39, 0.29) is 5.69 Å². The van der Waals surface area contributed by atoms with Gasteiger partial charge >= 0.3 is 0 Å². The number of aromatic amines is 1. The molecule has 0 spiro atoms. The first-order valence-electron chi connectivity index (χ1n) is 5.34. The van der Waals surface area contributed by atoms with Crippen molar-refractivity contribution in [1.29, 1.82) is 0 Å². The molecule has 0 bridgehead atoms. The van der Waals surface area contributed by atoms with Crippen molar-refractivity contribution in [3.63, 3.8) is 0 Å². The number of methoxy groups -OCH3 is 1. The van der Waals surface area contributed by atoms with E-state index in [0.717, 1.165) is 5.56 Å². The quantitative estimate of drug-likeness (QED) is 0.887. The topological polar surface area (TPSA) is 67.9 Å². The van der Waals surface area contributed by atoms with E-state index in [1.807, 2.05) is 6.07 Å². The molecule has 0 saturated carbocycles. The van der Waals surface area contributed by atoms with Gasteiger partial charge in [0.2, 0.25) is 11.7 Å². The van der Waals surface area contributed by atoms with Crippen molar-refractivity contribution in [1.82, 2.24) is 15.0 Å². The summed E-state index contributed by atoms with van der Waals surface area (Å²) in [5, 5.41) is 0. The molecule has 1 N–H and O–H groups in total. The maximum Gasteiger partial charge on any atom is 0.287 e. The van der Waals surface area contributed by atoms with Crippen LogP contribution in [0.1, 0.15) is 17.1 Å². The first-order valence-corrected chi connectivity index (χ1v) is 5.34. The molecule has 94 valence electrons. The van der Waals surface area contributed by atoms with E-state index < -0.39 is 11.4 Å². The van der Waals surface area contributed by atoms with Crippen LogP contribution in [-0.2, 0) is 6.42 Å². The Hall–Kier alpha value is -2.24. The summed E-state index contributed by atoms with van der Waals surface area (Å²) in [5.41, 5.74) is 0.194. The van der Waals surface area contributed by atoms with E-state index in [9.17, 15) is 9.18 Å². The van der Waals surface area contributed by atoms with Gasteiger partial charge in [-0.25, -0.2) is 9.97 Å². The lowest BCUT2D eigenvalue weighted by Crippen LogP contribution is -2.17. The molecule has 0 amide bonds. The first kappa shape index (κ1) is 12.2. The van der Waals surface area contributed by atoms with Gasteiger partial charge in [0, 0.05) is 18.7 Å². The summed E-state index contributed by atoms with van der Waals surface area (Å²) in [4.78, 5) is 21.7. The minimum Gasteiger partial charge on any atom is -0.481 e. The predicted molar refractivity (Wildman–Crippen MR) is 63.1 cm³/mol. The third-order valence-corrected chi connectivity index (χ3v) is 2.46. The number of nitrogens with one attached hydrogen (secondary N) is 1.